The Morgan fingerprint density at radius 1 is 0.542 bits per heavy atom. The quantitative estimate of drug-likeness (QED) is 0.516. The number of benzene rings is 1. The van der Waals surface area contributed by atoms with Gasteiger partial charge in [-0.15, -0.1) is 0 Å². The summed E-state index contributed by atoms with van der Waals surface area (Å²) in [5.74, 6) is 0. The van der Waals surface area contributed by atoms with Crippen molar-refractivity contribution in [2.45, 2.75) is 59.7 Å². The number of carbonyl (C=O) groups excluding carboxylic acids is 3. The maximum atomic E-state index is 10.6. The van der Waals surface area contributed by atoms with Crippen molar-refractivity contribution < 1.29 is 14.4 Å². The highest BCUT2D eigenvalue weighted by Gasteiger charge is 2.20. The van der Waals surface area contributed by atoms with Gasteiger partial charge in [-0.05, 0) is 52.6 Å². The third-order valence-corrected chi connectivity index (χ3v) is 4.15. The molecule has 24 heavy (non-hydrogen) atoms. The number of rotatable bonds is 9. The standard InChI is InChI=1S/C18H21N3O3/c1-4-13-16(7-19-10-22)14(5-2)18(9-21-12-24)15(6-3)17(13)8-20-11-23/h4-9H2,1-3H3. The summed E-state index contributed by atoms with van der Waals surface area (Å²) in [6, 6.07) is 0. The molecule has 0 atom stereocenters. The topological polar surface area (TPSA) is 88.3 Å². The van der Waals surface area contributed by atoms with E-state index in [1.807, 2.05) is 20.8 Å². The third kappa shape index (κ3) is 4.21. The zero-order chi connectivity index (χ0) is 17.9. The molecule has 1 aromatic rings. The summed E-state index contributed by atoms with van der Waals surface area (Å²) in [6.07, 6.45) is 6.91. The Hall–Kier alpha value is -2.64. The Morgan fingerprint density at radius 2 is 0.792 bits per heavy atom. The lowest BCUT2D eigenvalue weighted by atomic mass is 9.83. The molecule has 1 aromatic carbocycles. The van der Waals surface area contributed by atoms with Gasteiger partial charge in [0.1, 0.15) is 0 Å². The van der Waals surface area contributed by atoms with Crippen molar-refractivity contribution in [2.24, 2.45) is 15.0 Å². The van der Waals surface area contributed by atoms with Gasteiger partial charge in [-0.1, -0.05) is 20.8 Å². The second kappa shape index (κ2) is 10.2. The van der Waals surface area contributed by atoms with Gasteiger partial charge in [-0.25, -0.2) is 29.4 Å². The van der Waals surface area contributed by atoms with Crippen molar-refractivity contribution in [3.05, 3.63) is 33.4 Å². The van der Waals surface area contributed by atoms with Gasteiger partial charge in [0.25, 0.3) is 0 Å². The maximum Gasteiger partial charge on any atom is 0.235 e. The number of isocyanates is 3. The summed E-state index contributed by atoms with van der Waals surface area (Å²) >= 11 is 0. The lowest BCUT2D eigenvalue weighted by molar-refractivity contribution is 0.562. The second-order valence-electron chi connectivity index (χ2n) is 5.15. The van der Waals surface area contributed by atoms with Gasteiger partial charge in [-0.3, -0.25) is 0 Å². The first kappa shape index (κ1) is 19.4. The van der Waals surface area contributed by atoms with E-state index in [0.29, 0.717) is 0 Å². The molecule has 0 aliphatic carbocycles. The fourth-order valence-corrected chi connectivity index (χ4v) is 3.28. The van der Waals surface area contributed by atoms with Gasteiger partial charge >= 0.3 is 0 Å². The summed E-state index contributed by atoms with van der Waals surface area (Å²) in [5.41, 5.74) is 5.94. The van der Waals surface area contributed by atoms with Gasteiger partial charge in [0.15, 0.2) is 0 Å². The van der Waals surface area contributed by atoms with Crippen LogP contribution in [0, 0.1) is 0 Å². The minimum atomic E-state index is 0.218. The highest BCUT2D eigenvalue weighted by atomic mass is 16.1. The highest BCUT2D eigenvalue weighted by Crippen LogP contribution is 2.32. The molecule has 6 nitrogen and oxygen atoms in total. The molecule has 0 N–H and O–H groups in total. The Labute approximate surface area is 141 Å². The van der Waals surface area contributed by atoms with E-state index >= 15 is 0 Å². The first-order valence-corrected chi connectivity index (χ1v) is 7.97. The number of hydrogen-bond donors (Lipinski definition) is 0. The molecule has 0 aliphatic heterocycles. The summed E-state index contributed by atoms with van der Waals surface area (Å²) in [6.45, 7) is 6.69. The van der Waals surface area contributed by atoms with Crippen molar-refractivity contribution >= 4 is 18.2 Å². The van der Waals surface area contributed by atoms with Gasteiger partial charge in [0.05, 0.1) is 19.6 Å². The van der Waals surface area contributed by atoms with E-state index in [2.05, 4.69) is 15.0 Å². The van der Waals surface area contributed by atoms with E-state index in [0.717, 1.165) is 52.6 Å². The van der Waals surface area contributed by atoms with Crippen molar-refractivity contribution in [3.8, 4) is 0 Å². The first-order valence-electron chi connectivity index (χ1n) is 7.97. The zero-order valence-electron chi connectivity index (χ0n) is 14.3. The lowest BCUT2D eigenvalue weighted by Crippen LogP contribution is -2.12. The van der Waals surface area contributed by atoms with Crippen LogP contribution in [0.5, 0.6) is 0 Å². The maximum absolute atomic E-state index is 10.6. The molecule has 0 aromatic heterocycles. The zero-order valence-corrected chi connectivity index (χ0v) is 14.3. The van der Waals surface area contributed by atoms with Gasteiger partial charge in [-0.2, -0.15) is 0 Å². The van der Waals surface area contributed by atoms with Crippen molar-refractivity contribution in [2.75, 3.05) is 0 Å². The van der Waals surface area contributed by atoms with Crippen LogP contribution >= 0.6 is 0 Å². The smallest absolute Gasteiger partial charge is 0.211 e. The molecule has 126 valence electrons. The van der Waals surface area contributed by atoms with Gasteiger partial charge < -0.3 is 0 Å². The van der Waals surface area contributed by atoms with Gasteiger partial charge in [0, 0.05) is 0 Å². The van der Waals surface area contributed by atoms with Crippen LogP contribution in [0.4, 0.5) is 0 Å². The summed E-state index contributed by atoms with van der Waals surface area (Å²) in [7, 11) is 0. The fourth-order valence-electron chi connectivity index (χ4n) is 3.28. The van der Waals surface area contributed by atoms with Crippen molar-refractivity contribution in [1.29, 1.82) is 0 Å². The normalized spacial score (nSPS) is 9.62. The third-order valence-electron chi connectivity index (χ3n) is 4.15. The van der Waals surface area contributed by atoms with Crippen LogP contribution in [-0.2, 0) is 53.3 Å². The SMILES string of the molecule is CCc1c(CN=C=O)c(CC)c(CN=C=O)c(CC)c1CN=C=O. The van der Waals surface area contributed by atoms with E-state index in [-0.39, 0.29) is 19.6 Å². The molecule has 0 fully saturated rings. The van der Waals surface area contributed by atoms with Crippen molar-refractivity contribution in [3.63, 3.8) is 0 Å². The highest BCUT2D eigenvalue weighted by molar-refractivity contribution is 5.54. The molecule has 0 saturated heterocycles. The minimum absolute atomic E-state index is 0.218. The molecule has 0 heterocycles. The number of hydrogen-bond acceptors (Lipinski definition) is 6. The molecular weight excluding hydrogens is 306 g/mol. The summed E-state index contributed by atoms with van der Waals surface area (Å²) < 4.78 is 0. The van der Waals surface area contributed by atoms with Crippen LogP contribution in [0.1, 0.15) is 54.2 Å². The van der Waals surface area contributed by atoms with Crippen LogP contribution in [0.15, 0.2) is 15.0 Å². The van der Waals surface area contributed by atoms with Crippen LogP contribution in [-0.4, -0.2) is 18.2 Å². The monoisotopic (exact) mass is 327 g/mol. The lowest BCUT2D eigenvalue weighted by Gasteiger charge is -2.23. The van der Waals surface area contributed by atoms with E-state index in [4.69, 9.17) is 0 Å². The number of nitrogens with zero attached hydrogens (tertiary/aromatic N) is 3. The summed E-state index contributed by atoms with van der Waals surface area (Å²) in [4.78, 5) is 43.0. The Morgan fingerprint density at radius 3 is 0.958 bits per heavy atom. The van der Waals surface area contributed by atoms with Gasteiger partial charge in [0.2, 0.25) is 18.2 Å². The average Bonchev–Trinajstić information content (AvgIpc) is 2.61. The van der Waals surface area contributed by atoms with Crippen LogP contribution in [0.3, 0.4) is 0 Å². The molecule has 6 heteroatoms. The first-order chi connectivity index (χ1) is 11.7. The predicted octanol–water partition coefficient (Wildman–Crippen LogP) is 2.88. The molecule has 0 radical (unpaired) electrons. The Bertz CT molecular complexity index is 615. The largest absolute Gasteiger partial charge is 0.235 e. The van der Waals surface area contributed by atoms with E-state index in [9.17, 15) is 14.4 Å². The minimum Gasteiger partial charge on any atom is -0.211 e. The Balaban J connectivity index is 3.86. The van der Waals surface area contributed by atoms with E-state index in [1.54, 1.807) is 18.2 Å². The second-order valence-corrected chi connectivity index (χ2v) is 5.15. The van der Waals surface area contributed by atoms with Crippen molar-refractivity contribution in [1.82, 2.24) is 0 Å². The van der Waals surface area contributed by atoms with E-state index < -0.39 is 0 Å². The number of aliphatic imine (C=N–C) groups is 3. The summed E-state index contributed by atoms with van der Waals surface area (Å²) in [5, 5.41) is 0. The molecule has 0 saturated carbocycles. The Kier molecular flexibility index (Phi) is 8.24. The van der Waals surface area contributed by atoms with E-state index in [1.165, 1.54) is 0 Å². The molecule has 0 unspecified atom stereocenters. The fraction of sp³-hybridized carbons (Fsp3) is 0.500. The molecule has 1 rings (SSSR count). The molecule has 0 spiro atoms. The van der Waals surface area contributed by atoms with Crippen LogP contribution in [0.25, 0.3) is 0 Å². The van der Waals surface area contributed by atoms with Crippen LogP contribution < -0.4 is 0 Å². The van der Waals surface area contributed by atoms with Crippen LogP contribution in [0.2, 0.25) is 0 Å². The molecular formula is C18H21N3O3. The predicted molar refractivity (Wildman–Crippen MR) is 90.1 cm³/mol. The average molecular weight is 327 g/mol. The molecule has 0 amide bonds. The molecule has 0 bridgehead atoms. The molecule has 0 aliphatic rings.